The van der Waals surface area contributed by atoms with Gasteiger partial charge in [0.2, 0.25) is 0 Å². The van der Waals surface area contributed by atoms with Crippen molar-refractivity contribution in [3.05, 3.63) is 0 Å². The molecule has 2 N–H and O–H groups in total. The average Bonchev–Trinajstić information content (AvgIpc) is 2.91. The van der Waals surface area contributed by atoms with Crippen molar-refractivity contribution >= 4 is 0 Å². The van der Waals surface area contributed by atoms with E-state index in [2.05, 4.69) is 17.1 Å². The first-order chi connectivity index (χ1) is 10.2. The molecule has 0 aromatic heterocycles. The van der Waals surface area contributed by atoms with Gasteiger partial charge in [0.05, 0.1) is 19.8 Å². The van der Waals surface area contributed by atoms with E-state index in [1.807, 2.05) is 13.8 Å². The highest BCUT2D eigenvalue weighted by Gasteiger charge is 2.40. The fourth-order valence-electron chi connectivity index (χ4n) is 3.27. The van der Waals surface area contributed by atoms with Gasteiger partial charge in [-0.25, -0.2) is 0 Å². The summed E-state index contributed by atoms with van der Waals surface area (Å²) in [4.78, 5) is 2.47. The van der Waals surface area contributed by atoms with E-state index in [-0.39, 0.29) is 12.1 Å². The summed E-state index contributed by atoms with van der Waals surface area (Å²) >= 11 is 0. The standard InChI is InChI=1S/C16H34N2O3/c1-4-17-16(14-19)8-7-15(13-16)18(9-11-20-5-2)10-12-21-6-3/h15,17,19H,4-14H2,1-3H3. The molecule has 1 rings (SSSR count). The van der Waals surface area contributed by atoms with E-state index in [9.17, 15) is 5.11 Å². The van der Waals surface area contributed by atoms with Gasteiger partial charge in [-0.3, -0.25) is 4.90 Å². The topological polar surface area (TPSA) is 54.0 Å². The maximum Gasteiger partial charge on any atom is 0.0613 e. The lowest BCUT2D eigenvalue weighted by Gasteiger charge is -2.32. The monoisotopic (exact) mass is 302 g/mol. The molecule has 0 heterocycles. The Bertz CT molecular complexity index is 256. The molecule has 126 valence electrons. The van der Waals surface area contributed by atoms with Crippen molar-refractivity contribution in [1.82, 2.24) is 10.2 Å². The SMILES string of the molecule is CCNC1(CO)CCC(N(CCOCC)CCOCC)C1. The number of hydrogen-bond donors (Lipinski definition) is 2. The predicted molar refractivity (Wildman–Crippen MR) is 85.7 cm³/mol. The van der Waals surface area contributed by atoms with Gasteiger partial charge in [0.1, 0.15) is 0 Å². The van der Waals surface area contributed by atoms with Crippen molar-refractivity contribution in [2.24, 2.45) is 0 Å². The van der Waals surface area contributed by atoms with Crippen LogP contribution >= 0.6 is 0 Å². The van der Waals surface area contributed by atoms with Gasteiger partial charge in [-0.1, -0.05) is 6.92 Å². The zero-order valence-electron chi connectivity index (χ0n) is 14.1. The number of ether oxygens (including phenoxy) is 2. The molecule has 2 atom stereocenters. The first-order valence-electron chi connectivity index (χ1n) is 8.46. The van der Waals surface area contributed by atoms with Crippen molar-refractivity contribution in [1.29, 1.82) is 0 Å². The van der Waals surface area contributed by atoms with E-state index in [1.165, 1.54) is 0 Å². The second-order valence-corrected chi connectivity index (χ2v) is 5.80. The lowest BCUT2D eigenvalue weighted by molar-refractivity contribution is 0.0597. The minimum atomic E-state index is -0.0884. The number of nitrogens with one attached hydrogen (secondary N) is 1. The quantitative estimate of drug-likeness (QED) is 0.532. The number of aliphatic hydroxyl groups is 1. The molecule has 5 nitrogen and oxygen atoms in total. The molecule has 0 aliphatic heterocycles. The Morgan fingerprint density at radius 2 is 1.76 bits per heavy atom. The third-order valence-electron chi connectivity index (χ3n) is 4.41. The van der Waals surface area contributed by atoms with Gasteiger partial charge >= 0.3 is 0 Å². The molecule has 2 unspecified atom stereocenters. The lowest BCUT2D eigenvalue weighted by atomic mass is 9.98. The second-order valence-electron chi connectivity index (χ2n) is 5.80. The molecule has 5 heteroatoms. The van der Waals surface area contributed by atoms with E-state index < -0.39 is 0 Å². The summed E-state index contributed by atoms with van der Waals surface area (Å²) in [7, 11) is 0. The summed E-state index contributed by atoms with van der Waals surface area (Å²) in [6.07, 6.45) is 3.18. The Labute approximate surface area is 130 Å². The Balaban J connectivity index is 2.52. The van der Waals surface area contributed by atoms with Gasteiger partial charge in [-0.2, -0.15) is 0 Å². The van der Waals surface area contributed by atoms with Crippen LogP contribution in [0.1, 0.15) is 40.0 Å². The highest BCUT2D eigenvalue weighted by molar-refractivity contribution is 4.99. The normalized spacial score (nSPS) is 25.9. The van der Waals surface area contributed by atoms with Crippen molar-refractivity contribution < 1.29 is 14.6 Å². The van der Waals surface area contributed by atoms with Crippen LogP contribution in [-0.2, 0) is 9.47 Å². The van der Waals surface area contributed by atoms with Crippen LogP contribution in [0.2, 0.25) is 0 Å². The first-order valence-corrected chi connectivity index (χ1v) is 8.46. The molecule has 1 fully saturated rings. The van der Waals surface area contributed by atoms with E-state index in [4.69, 9.17) is 9.47 Å². The molecule has 1 saturated carbocycles. The Hall–Kier alpha value is -0.200. The second kappa shape index (κ2) is 10.5. The van der Waals surface area contributed by atoms with E-state index in [1.54, 1.807) is 0 Å². The molecular weight excluding hydrogens is 268 g/mol. The highest BCUT2D eigenvalue weighted by Crippen LogP contribution is 2.32. The average molecular weight is 302 g/mol. The van der Waals surface area contributed by atoms with Crippen LogP contribution in [0.4, 0.5) is 0 Å². The Kier molecular flexibility index (Phi) is 9.44. The lowest BCUT2D eigenvalue weighted by Crippen LogP contribution is -2.48. The molecule has 0 amide bonds. The fourth-order valence-corrected chi connectivity index (χ4v) is 3.27. The number of likely N-dealkylation sites (N-methyl/N-ethyl adjacent to an activating group) is 1. The zero-order chi connectivity index (χ0) is 15.6. The van der Waals surface area contributed by atoms with Crippen LogP contribution in [0.5, 0.6) is 0 Å². The van der Waals surface area contributed by atoms with Crippen molar-refractivity contribution in [2.45, 2.75) is 51.6 Å². The molecule has 21 heavy (non-hydrogen) atoms. The van der Waals surface area contributed by atoms with Gasteiger partial charge < -0.3 is 19.9 Å². The van der Waals surface area contributed by atoms with E-state index >= 15 is 0 Å². The highest BCUT2D eigenvalue weighted by atomic mass is 16.5. The number of aliphatic hydroxyl groups excluding tert-OH is 1. The van der Waals surface area contributed by atoms with Crippen LogP contribution < -0.4 is 5.32 Å². The molecule has 0 aromatic carbocycles. The fraction of sp³-hybridized carbons (Fsp3) is 1.00. The molecule has 0 aromatic rings. The van der Waals surface area contributed by atoms with E-state index in [0.29, 0.717) is 6.04 Å². The minimum Gasteiger partial charge on any atom is -0.394 e. The number of rotatable bonds is 12. The van der Waals surface area contributed by atoms with Gasteiger partial charge in [0.15, 0.2) is 0 Å². The molecular formula is C16H34N2O3. The molecule has 0 radical (unpaired) electrons. The first kappa shape index (κ1) is 18.8. The van der Waals surface area contributed by atoms with Crippen molar-refractivity contribution in [2.75, 3.05) is 52.7 Å². The van der Waals surface area contributed by atoms with E-state index in [0.717, 1.165) is 65.3 Å². The predicted octanol–water partition coefficient (Wildman–Crippen LogP) is 1.25. The molecule has 1 aliphatic carbocycles. The van der Waals surface area contributed by atoms with Crippen LogP contribution in [0.3, 0.4) is 0 Å². The third-order valence-corrected chi connectivity index (χ3v) is 4.41. The van der Waals surface area contributed by atoms with Gasteiger partial charge in [0, 0.05) is 37.9 Å². The Morgan fingerprint density at radius 3 is 2.24 bits per heavy atom. The van der Waals surface area contributed by atoms with Gasteiger partial charge in [0.25, 0.3) is 0 Å². The minimum absolute atomic E-state index is 0.0884. The largest absolute Gasteiger partial charge is 0.394 e. The third kappa shape index (κ3) is 6.20. The molecule has 0 spiro atoms. The van der Waals surface area contributed by atoms with Crippen molar-refractivity contribution in [3.8, 4) is 0 Å². The summed E-state index contributed by atoms with van der Waals surface area (Å²) in [6.45, 7) is 12.3. The molecule has 1 aliphatic rings. The number of nitrogens with zero attached hydrogens (tertiary/aromatic N) is 1. The maximum absolute atomic E-state index is 9.75. The zero-order valence-corrected chi connectivity index (χ0v) is 14.1. The molecule has 0 saturated heterocycles. The van der Waals surface area contributed by atoms with Gasteiger partial charge in [-0.05, 0) is 39.7 Å². The van der Waals surface area contributed by atoms with Crippen LogP contribution in [0.15, 0.2) is 0 Å². The maximum atomic E-state index is 9.75. The van der Waals surface area contributed by atoms with Crippen LogP contribution in [0, 0.1) is 0 Å². The smallest absolute Gasteiger partial charge is 0.0613 e. The summed E-state index contributed by atoms with van der Waals surface area (Å²) in [5.41, 5.74) is -0.0884. The summed E-state index contributed by atoms with van der Waals surface area (Å²) in [6, 6.07) is 0.511. The summed E-state index contributed by atoms with van der Waals surface area (Å²) < 4.78 is 11.0. The van der Waals surface area contributed by atoms with Gasteiger partial charge in [-0.15, -0.1) is 0 Å². The van der Waals surface area contributed by atoms with Crippen LogP contribution in [-0.4, -0.2) is 74.3 Å². The van der Waals surface area contributed by atoms with Crippen molar-refractivity contribution in [3.63, 3.8) is 0 Å². The number of hydrogen-bond acceptors (Lipinski definition) is 5. The summed E-state index contributed by atoms with van der Waals surface area (Å²) in [5, 5.41) is 13.2. The molecule has 0 bridgehead atoms. The Morgan fingerprint density at radius 1 is 1.14 bits per heavy atom. The van der Waals surface area contributed by atoms with Crippen LogP contribution in [0.25, 0.3) is 0 Å². The summed E-state index contributed by atoms with van der Waals surface area (Å²) in [5.74, 6) is 0.